The fraction of sp³-hybridized carbons (Fsp3) is 0.167. The average Bonchev–Trinajstić information content (AvgIpc) is 2.76. The summed E-state index contributed by atoms with van der Waals surface area (Å²) >= 11 is 1.22. The molecule has 9 heteroatoms. The SMILES string of the molecule is O=C1CS/C(=N\c2ncc([N+](=O)[O-])[nH]2)N1. The van der Waals surface area contributed by atoms with Crippen molar-refractivity contribution in [3.63, 3.8) is 0 Å². The van der Waals surface area contributed by atoms with Crippen LogP contribution in [0.5, 0.6) is 0 Å². The van der Waals surface area contributed by atoms with Gasteiger partial charge in [-0.05, 0) is 4.92 Å². The number of thioether (sulfide) groups is 1. The number of nitrogens with zero attached hydrogens (tertiary/aromatic N) is 3. The first-order valence-corrected chi connectivity index (χ1v) is 4.84. The van der Waals surface area contributed by atoms with Gasteiger partial charge in [0.05, 0.1) is 5.75 Å². The second-order valence-corrected chi connectivity index (χ2v) is 3.57. The number of amides is 1. The van der Waals surface area contributed by atoms with Gasteiger partial charge in [0, 0.05) is 0 Å². The van der Waals surface area contributed by atoms with E-state index >= 15 is 0 Å². The summed E-state index contributed by atoms with van der Waals surface area (Å²) in [4.78, 5) is 30.5. The number of hydrogen-bond acceptors (Lipinski definition) is 6. The molecule has 0 bridgehead atoms. The van der Waals surface area contributed by atoms with Gasteiger partial charge in [-0.15, -0.1) is 0 Å². The highest BCUT2D eigenvalue weighted by Gasteiger charge is 2.18. The van der Waals surface area contributed by atoms with E-state index in [1.54, 1.807) is 0 Å². The minimum absolute atomic E-state index is 0.103. The second-order valence-electron chi connectivity index (χ2n) is 2.60. The summed E-state index contributed by atoms with van der Waals surface area (Å²) in [7, 11) is 0. The normalized spacial score (nSPS) is 18.1. The Labute approximate surface area is 87.3 Å². The van der Waals surface area contributed by atoms with Crippen molar-refractivity contribution in [1.82, 2.24) is 15.3 Å². The molecular formula is C6H5N5O3S. The lowest BCUT2D eigenvalue weighted by atomic mass is 10.7. The number of imidazole rings is 1. The number of rotatable bonds is 2. The van der Waals surface area contributed by atoms with Crippen molar-refractivity contribution >= 4 is 34.6 Å². The van der Waals surface area contributed by atoms with E-state index < -0.39 is 4.92 Å². The van der Waals surface area contributed by atoms with Crippen molar-refractivity contribution < 1.29 is 9.72 Å². The Morgan fingerprint density at radius 3 is 3.00 bits per heavy atom. The van der Waals surface area contributed by atoms with Crippen LogP contribution < -0.4 is 5.32 Å². The molecule has 1 saturated heterocycles. The lowest BCUT2D eigenvalue weighted by Crippen LogP contribution is -2.19. The Balaban J connectivity index is 2.17. The van der Waals surface area contributed by atoms with Crippen LogP contribution in [0.4, 0.5) is 11.8 Å². The van der Waals surface area contributed by atoms with Crippen LogP contribution in [0.1, 0.15) is 0 Å². The zero-order valence-corrected chi connectivity index (χ0v) is 8.08. The van der Waals surface area contributed by atoms with Gasteiger partial charge in [-0.3, -0.25) is 4.79 Å². The maximum Gasteiger partial charge on any atom is 0.342 e. The molecule has 8 nitrogen and oxygen atoms in total. The summed E-state index contributed by atoms with van der Waals surface area (Å²) in [5, 5.41) is 13.2. The highest BCUT2D eigenvalue weighted by molar-refractivity contribution is 8.15. The Bertz CT molecular complexity index is 453. The van der Waals surface area contributed by atoms with Crippen molar-refractivity contribution in [2.75, 3.05) is 5.75 Å². The van der Waals surface area contributed by atoms with E-state index in [2.05, 4.69) is 20.3 Å². The van der Waals surface area contributed by atoms with Gasteiger partial charge < -0.3 is 15.4 Å². The summed E-state index contributed by atoms with van der Waals surface area (Å²) < 4.78 is 0. The van der Waals surface area contributed by atoms with E-state index in [1.165, 1.54) is 11.8 Å². The third kappa shape index (κ3) is 2.13. The zero-order valence-electron chi connectivity index (χ0n) is 7.26. The van der Waals surface area contributed by atoms with Gasteiger partial charge in [0.25, 0.3) is 0 Å². The van der Waals surface area contributed by atoms with Gasteiger partial charge in [-0.25, -0.2) is 4.98 Å². The lowest BCUT2D eigenvalue weighted by Gasteiger charge is -1.89. The number of aromatic nitrogens is 2. The molecule has 2 N–H and O–H groups in total. The third-order valence-corrected chi connectivity index (χ3v) is 2.41. The second kappa shape index (κ2) is 3.69. The molecule has 1 amide bonds. The van der Waals surface area contributed by atoms with Crippen LogP contribution in [0.3, 0.4) is 0 Å². The fourth-order valence-electron chi connectivity index (χ4n) is 0.933. The number of carbonyl (C=O) groups excluding carboxylic acids is 1. The van der Waals surface area contributed by atoms with Gasteiger partial charge in [-0.1, -0.05) is 11.8 Å². The summed E-state index contributed by atoms with van der Waals surface area (Å²) in [5.41, 5.74) is 0. The first kappa shape index (κ1) is 9.65. The monoisotopic (exact) mass is 227 g/mol. The van der Waals surface area contributed by atoms with E-state index in [0.29, 0.717) is 10.9 Å². The summed E-state index contributed by atoms with van der Waals surface area (Å²) in [5.74, 6) is 0.0385. The number of H-pyrrole nitrogens is 1. The van der Waals surface area contributed by atoms with Crippen molar-refractivity contribution in [2.45, 2.75) is 0 Å². The zero-order chi connectivity index (χ0) is 10.8. The molecule has 0 radical (unpaired) electrons. The highest BCUT2D eigenvalue weighted by Crippen LogP contribution is 2.16. The molecule has 0 aromatic carbocycles. The minimum Gasteiger partial charge on any atom is -0.358 e. The molecular weight excluding hydrogens is 222 g/mol. The van der Waals surface area contributed by atoms with Crippen molar-refractivity contribution in [1.29, 1.82) is 0 Å². The number of hydrogen-bond donors (Lipinski definition) is 2. The van der Waals surface area contributed by atoms with E-state index in [-0.39, 0.29) is 17.7 Å². The molecule has 0 unspecified atom stereocenters. The van der Waals surface area contributed by atoms with Crippen LogP contribution in [0.25, 0.3) is 0 Å². The molecule has 78 valence electrons. The topological polar surface area (TPSA) is 113 Å². The van der Waals surface area contributed by atoms with Crippen molar-refractivity contribution in [2.24, 2.45) is 4.99 Å². The first-order chi connectivity index (χ1) is 7.15. The molecule has 0 spiro atoms. The number of aliphatic imine (C=N–C) groups is 1. The van der Waals surface area contributed by atoms with E-state index in [1.807, 2.05) is 0 Å². The van der Waals surface area contributed by atoms with Crippen molar-refractivity contribution in [3.8, 4) is 0 Å². The Hall–Kier alpha value is -1.90. The standard InChI is InChI=1S/C6H5N5O3S/c12-4-2-15-6(9-4)10-5-7-1-3(8-5)11(13)14/h1H,2H2,(H2,7,8,9,10,12). The van der Waals surface area contributed by atoms with Gasteiger partial charge >= 0.3 is 11.8 Å². The highest BCUT2D eigenvalue weighted by atomic mass is 32.2. The minimum atomic E-state index is -0.600. The molecule has 15 heavy (non-hydrogen) atoms. The molecule has 2 rings (SSSR count). The lowest BCUT2D eigenvalue weighted by molar-refractivity contribution is -0.389. The van der Waals surface area contributed by atoms with E-state index in [4.69, 9.17) is 0 Å². The number of nitro groups is 1. The molecule has 0 saturated carbocycles. The van der Waals surface area contributed by atoms with Crippen LogP contribution in [0.2, 0.25) is 0 Å². The molecule has 1 aliphatic rings. The maximum absolute atomic E-state index is 10.8. The largest absolute Gasteiger partial charge is 0.358 e. The average molecular weight is 227 g/mol. The Morgan fingerprint density at radius 1 is 1.67 bits per heavy atom. The molecule has 1 aromatic heterocycles. The van der Waals surface area contributed by atoms with Crippen molar-refractivity contribution in [3.05, 3.63) is 16.3 Å². The van der Waals surface area contributed by atoms with Crippen LogP contribution in [0.15, 0.2) is 11.2 Å². The molecule has 0 atom stereocenters. The first-order valence-electron chi connectivity index (χ1n) is 3.86. The maximum atomic E-state index is 10.8. The quantitative estimate of drug-likeness (QED) is 0.552. The Morgan fingerprint density at radius 2 is 2.47 bits per heavy atom. The van der Waals surface area contributed by atoms with Crippen LogP contribution in [0, 0.1) is 10.1 Å². The van der Waals surface area contributed by atoms with Gasteiger partial charge in [0.1, 0.15) is 6.20 Å². The Kier molecular flexibility index (Phi) is 2.37. The predicted octanol–water partition coefficient (Wildman–Crippen LogP) is 0.168. The number of nitrogens with one attached hydrogen (secondary N) is 2. The molecule has 2 heterocycles. The molecule has 1 fully saturated rings. The van der Waals surface area contributed by atoms with Gasteiger partial charge in [0.15, 0.2) is 5.17 Å². The number of carbonyl (C=O) groups is 1. The third-order valence-electron chi connectivity index (χ3n) is 1.54. The summed E-state index contributed by atoms with van der Waals surface area (Å²) in [6, 6.07) is 0. The molecule has 1 aromatic rings. The summed E-state index contributed by atoms with van der Waals surface area (Å²) in [6.45, 7) is 0. The number of amidine groups is 1. The number of aromatic amines is 1. The van der Waals surface area contributed by atoms with Crippen LogP contribution in [-0.4, -0.2) is 31.7 Å². The molecule has 0 aliphatic carbocycles. The fourth-order valence-corrected chi connectivity index (χ4v) is 1.61. The molecule has 1 aliphatic heterocycles. The van der Waals surface area contributed by atoms with Gasteiger partial charge in [0.2, 0.25) is 5.91 Å². The smallest absolute Gasteiger partial charge is 0.342 e. The van der Waals surface area contributed by atoms with E-state index in [9.17, 15) is 14.9 Å². The van der Waals surface area contributed by atoms with Gasteiger partial charge in [-0.2, -0.15) is 9.98 Å². The predicted molar refractivity (Wildman–Crippen MR) is 52.9 cm³/mol. The summed E-state index contributed by atoms with van der Waals surface area (Å²) in [6.07, 6.45) is 1.07. The van der Waals surface area contributed by atoms with Crippen LogP contribution >= 0.6 is 11.8 Å². The van der Waals surface area contributed by atoms with Crippen LogP contribution in [-0.2, 0) is 4.79 Å². The van der Waals surface area contributed by atoms with E-state index in [0.717, 1.165) is 6.20 Å².